The van der Waals surface area contributed by atoms with E-state index in [1.54, 1.807) is 24.3 Å². The van der Waals surface area contributed by atoms with E-state index in [2.05, 4.69) is 10.3 Å². The maximum absolute atomic E-state index is 12.7. The molecule has 1 heterocycles. The van der Waals surface area contributed by atoms with Gasteiger partial charge in [0.2, 0.25) is 5.75 Å². The zero-order chi connectivity index (χ0) is 19.2. The minimum absolute atomic E-state index is 0.310. The Hall–Kier alpha value is -3.54. The molecule has 6 nitrogen and oxygen atoms in total. The number of nitrogens with zero attached hydrogens (tertiary/aromatic N) is 1. The quantitative estimate of drug-likeness (QED) is 0.715. The summed E-state index contributed by atoms with van der Waals surface area (Å²) in [7, 11) is 4.57. The Balaban J connectivity index is 1.88. The van der Waals surface area contributed by atoms with Gasteiger partial charge in [0.15, 0.2) is 11.5 Å². The van der Waals surface area contributed by atoms with E-state index in [9.17, 15) is 4.79 Å². The van der Waals surface area contributed by atoms with Crippen LogP contribution in [0.1, 0.15) is 10.5 Å². The zero-order valence-corrected chi connectivity index (χ0v) is 15.4. The van der Waals surface area contributed by atoms with Gasteiger partial charge < -0.3 is 19.5 Å². The van der Waals surface area contributed by atoms with E-state index in [0.717, 1.165) is 11.3 Å². The van der Waals surface area contributed by atoms with Crippen LogP contribution in [-0.2, 0) is 0 Å². The van der Waals surface area contributed by atoms with Crippen LogP contribution in [0.5, 0.6) is 17.2 Å². The summed E-state index contributed by atoms with van der Waals surface area (Å²) in [6.07, 6.45) is 0. The number of aromatic nitrogens is 1. The van der Waals surface area contributed by atoms with Crippen LogP contribution in [0.4, 0.5) is 5.69 Å². The molecular weight excluding hydrogens is 344 g/mol. The van der Waals surface area contributed by atoms with Crippen molar-refractivity contribution in [1.29, 1.82) is 0 Å². The van der Waals surface area contributed by atoms with E-state index in [4.69, 9.17) is 14.2 Å². The number of hydrogen-bond donors (Lipinski definition) is 1. The van der Waals surface area contributed by atoms with Crippen molar-refractivity contribution in [3.05, 3.63) is 66.4 Å². The van der Waals surface area contributed by atoms with Crippen LogP contribution in [-0.4, -0.2) is 32.2 Å². The summed E-state index contributed by atoms with van der Waals surface area (Å²) in [5, 5.41) is 2.82. The lowest BCUT2D eigenvalue weighted by molar-refractivity contribution is 0.102. The molecule has 0 aliphatic rings. The van der Waals surface area contributed by atoms with Crippen LogP contribution in [0.15, 0.2) is 60.7 Å². The van der Waals surface area contributed by atoms with Crippen molar-refractivity contribution in [3.63, 3.8) is 0 Å². The predicted molar refractivity (Wildman–Crippen MR) is 104 cm³/mol. The first-order valence-electron chi connectivity index (χ1n) is 8.30. The lowest BCUT2D eigenvalue weighted by atomic mass is 10.1. The molecule has 3 rings (SSSR count). The summed E-state index contributed by atoms with van der Waals surface area (Å²) in [5.74, 6) is 1.04. The van der Waals surface area contributed by atoms with E-state index >= 15 is 0 Å². The molecule has 0 radical (unpaired) electrons. The van der Waals surface area contributed by atoms with Gasteiger partial charge in [-0.2, -0.15) is 0 Å². The van der Waals surface area contributed by atoms with E-state index in [-0.39, 0.29) is 5.91 Å². The average molecular weight is 364 g/mol. The summed E-state index contributed by atoms with van der Waals surface area (Å²) in [6, 6.07) is 18.4. The number of carbonyl (C=O) groups excluding carboxylic acids is 1. The second-order valence-corrected chi connectivity index (χ2v) is 5.64. The first-order chi connectivity index (χ1) is 13.2. The van der Waals surface area contributed by atoms with Crippen molar-refractivity contribution >= 4 is 11.6 Å². The molecule has 0 unspecified atom stereocenters. The number of rotatable bonds is 6. The zero-order valence-electron chi connectivity index (χ0n) is 15.4. The lowest BCUT2D eigenvalue weighted by Gasteiger charge is -2.14. The summed E-state index contributed by atoms with van der Waals surface area (Å²) < 4.78 is 15.9. The summed E-state index contributed by atoms with van der Waals surface area (Å²) in [6.45, 7) is 0. The molecule has 0 fully saturated rings. The Kier molecular flexibility index (Phi) is 5.56. The fourth-order valence-electron chi connectivity index (χ4n) is 2.68. The van der Waals surface area contributed by atoms with Gasteiger partial charge in [0.1, 0.15) is 5.69 Å². The number of hydrogen-bond acceptors (Lipinski definition) is 5. The van der Waals surface area contributed by atoms with Gasteiger partial charge in [-0.05, 0) is 12.1 Å². The van der Waals surface area contributed by atoms with Crippen LogP contribution in [0, 0.1) is 0 Å². The highest BCUT2D eigenvalue weighted by Crippen LogP contribution is 2.40. The molecule has 1 aromatic heterocycles. The summed E-state index contributed by atoms with van der Waals surface area (Å²) in [5.41, 5.74) is 2.50. The van der Waals surface area contributed by atoms with Crippen molar-refractivity contribution in [2.24, 2.45) is 0 Å². The molecular formula is C21H20N2O4. The van der Waals surface area contributed by atoms with Gasteiger partial charge in [-0.1, -0.05) is 36.4 Å². The predicted octanol–water partition coefficient (Wildman–Crippen LogP) is 4.03. The Morgan fingerprint density at radius 3 is 2.11 bits per heavy atom. The van der Waals surface area contributed by atoms with Crippen LogP contribution < -0.4 is 19.5 Å². The molecule has 1 amide bonds. The van der Waals surface area contributed by atoms with E-state index in [0.29, 0.717) is 28.6 Å². The third-order valence-electron chi connectivity index (χ3n) is 3.97. The van der Waals surface area contributed by atoms with Gasteiger partial charge in [-0.25, -0.2) is 4.98 Å². The number of carbonyl (C=O) groups is 1. The van der Waals surface area contributed by atoms with Crippen LogP contribution in [0.25, 0.3) is 11.3 Å². The maximum atomic E-state index is 12.7. The molecule has 0 atom stereocenters. The van der Waals surface area contributed by atoms with Crippen LogP contribution >= 0.6 is 0 Å². The molecule has 138 valence electrons. The van der Waals surface area contributed by atoms with E-state index in [1.165, 1.54) is 21.3 Å². The summed E-state index contributed by atoms with van der Waals surface area (Å²) >= 11 is 0. The first-order valence-corrected chi connectivity index (χ1v) is 8.30. The molecule has 0 aliphatic carbocycles. The van der Waals surface area contributed by atoms with Gasteiger partial charge in [-0.15, -0.1) is 0 Å². The van der Waals surface area contributed by atoms with Crippen molar-refractivity contribution in [1.82, 2.24) is 4.98 Å². The number of benzene rings is 2. The Bertz CT molecular complexity index is 917. The van der Waals surface area contributed by atoms with Gasteiger partial charge in [0, 0.05) is 23.4 Å². The molecule has 0 saturated heterocycles. The van der Waals surface area contributed by atoms with Crippen molar-refractivity contribution in [2.45, 2.75) is 0 Å². The fraction of sp³-hybridized carbons (Fsp3) is 0.143. The Labute approximate surface area is 157 Å². The van der Waals surface area contributed by atoms with E-state index in [1.807, 2.05) is 36.4 Å². The number of anilines is 1. The normalized spacial score (nSPS) is 10.2. The van der Waals surface area contributed by atoms with Gasteiger partial charge in [0.25, 0.3) is 5.91 Å². The minimum Gasteiger partial charge on any atom is -0.493 e. The maximum Gasteiger partial charge on any atom is 0.274 e. The molecule has 0 spiro atoms. The number of amides is 1. The molecule has 3 aromatic rings. The lowest BCUT2D eigenvalue weighted by Crippen LogP contribution is -2.14. The van der Waals surface area contributed by atoms with Crippen molar-refractivity contribution in [3.8, 4) is 28.5 Å². The number of methoxy groups -OCH3 is 3. The van der Waals surface area contributed by atoms with Gasteiger partial charge >= 0.3 is 0 Å². The topological polar surface area (TPSA) is 69.7 Å². The van der Waals surface area contributed by atoms with Crippen molar-refractivity contribution in [2.75, 3.05) is 26.6 Å². The SMILES string of the molecule is COc1cc(NC(=O)c2cccc(-c3ccccc3)n2)cc(OC)c1OC. The third-order valence-corrected chi connectivity index (χ3v) is 3.97. The van der Waals surface area contributed by atoms with Gasteiger partial charge in [-0.3, -0.25) is 4.79 Å². The first kappa shape index (κ1) is 18.3. The Morgan fingerprint density at radius 2 is 1.52 bits per heavy atom. The standard InChI is InChI=1S/C21H20N2O4/c1-25-18-12-15(13-19(26-2)20(18)27-3)22-21(24)17-11-7-10-16(23-17)14-8-5-4-6-9-14/h4-13H,1-3H3,(H,22,24). The monoisotopic (exact) mass is 364 g/mol. The second kappa shape index (κ2) is 8.23. The minimum atomic E-state index is -0.331. The molecule has 6 heteroatoms. The highest BCUT2D eigenvalue weighted by molar-refractivity contribution is 6.03. The average Bonchev–Trinajstić information content (AvgIpc) is 2.73. The largest absolute Gasteiger partial charge is 0.493 e. The highest BCUT2D eigenvalue weighted by atomic mass is 16.5. The number of ether oxygens (including phenoxy) is 3. The molecule has 0 saturated carbocycles. The second-order valence-electron chi connectivity index (χ2n) is 5.64. The van der Waals surface area contributed by atoms with Crippen LogP contribution in [0.2, 0.25) is 0 Å². The molecule has 2 aromatic carbocycles. The van der Waals surface area contributed by atoms with Gasteiger partial charge in [0.05, 0.1) is 27.0 Å². The van der Waals surface area contributed by atoms with Crippen LogP contribution in [0.3, 0.4) is 0 Å². The molecule has 1 N–H and O–H groups in total. The molecule has 0 aliphatic heterocycles. The highest BCUT2D eigenvalue weighted by Gasteiger charge is 2.16. The van der Waals surface area contributed by atoms with Crippen molar-refractivity contribution < 1.29 is 19.0 Å². The smallest absolute Gasteiger partial charge is 0.274 e. The summed E-state index contributed by atoms with van der Waals surface area (Å²) in [4.78, 5) is 17.1. The van der Waals surface area contributed by atoms with E-state index < -0.39 is 0 Å². The third kappa shape index (κ3) is 4.00. The number of pyridine rings is 1. The fourth-order valence-corrected chi connectivity index (χ4v) is 2.68. The molecule has 0 bridgehead atoms. The Morgan fingerprint density at radius 1 is 0.852 bits per heavy atom. The number of nitrogens with one attached hydrogen (secondary N) is 1. The molecule has 27 heavy (non-hydrogen) atoms.